The Labute approximate surface area is 91.6 Å². The van der Waals surface area contributed by atoms with Gasteiger partial charge in [0.2, 0.25) is 0 Å². The van der Waals surface area contributed by atoms with Crippen molar-refractivity contribution in [3.8, 4) is 0 Å². The molecule has 0 aliphatic carbocycles. The number of nitrogens with zero attached hydrogens (tertiary/aromatic N) is 3. The molecule has 2 heterocycles. The van der Waals surface area contributed by atoms with Gasteiger partial charge in [-0.05, 0) is 0 Å². The average molecular weight is 231 g/mol. The van der Waals surface area contributed by atoms with Crippen molar-refractivity contribution in [1.82, 2.24) is 15.2 Å². The summed E-state index contributed by atoms with van der Waals surface area (Å²) in [6, 6.07) is 0. The molecular formula is C8H11ClN4S. The molecule has 1 aliphatic heterocycles. The van der Waals surface area contributed by atoms with Crippen molar-refractivity contribution in [2.45, 2.75) is 6.54 Å². The predicted molar refractivity (Wildman–Crippen MR) is 58.9 cm³/mol. The van der Waals surface area contributed by atoms with Crippen molar-refractivity contribution in [2.24, 2.45) is 4.99 Å². The molecule has 0 saturated carbocycles. The SMILES string of the molecule is CN=C1NCCN1Cc1cnc(Cl)s1. The summed E-state index contributed by atoms with van der Waals surface area (Å²) in [6.45, 7) is 2.78. The lowest BCUT2D eigenvalue weighted by atomic mass is 10.5. The van der Waals surface area contributed by atoms with Crippen molar-refractivity contribution >= 4 is 28.9 Å². The van der Waals surface area contributed by atoms with E-state index in [1.807, 2.05) is 6.20 Å². The molecule has 0 radical (unpaired) electrons. The van der Waals surface area contributed by atoms with Gasteiger partial charge in [-0.2, -0.15) is 0 Å². The predicted octanol–water partition coefficient (Wildman–Crippen LogP) is 1.19. The quantitative estimate of drug-likeness (QED) is 0.830. The van der Waals surface area contributed by atoms with Gasteiger partial charge in [-0.15, -0.1) is 11.3 Å². The molecule has 1 saturated heterocycles. The second-order valence-electron chi connectivity index (χ2n) is 2.98. The highest BCUT2D eigenvalue weighted by Crippen LogP contribution is 2.19. The summed E-state index contributed by atoms with van der Waals surface area (Å²) >= 11 is 7.28. The van der Waals surface area contributed by atoms with Crippen LogP contribution >= 0.6 is 22.9 Å². The number of nitrogens with one attached hydrogen (secondary N) is 1. The standard InChI is InChI=1S/C8H11ClN4S/c1-10-8-11-2-3-13(8)5-6-4-12-7(9)14-6/h4H,2-3,5H2,1H3,(H,10,11). The van der Waals surface area contributed by atoms with Gasteiger partial charge in [0.05, 0.1) is 6.54 Å². The maximum atomic E-state index is 5.76. The minimum atomic E-state index is 0.599. The second kappa shape index (κ2) is 4.14. The Morgan fingerprint density at radius 2 is 2.64 bits per heavy atom. The zero-order valence-electron chi connectivity index (χ0n) is 7.83. The van der Waals surface area contributed by atoms with Crippen LogP contribution in [0, 0.1) is 0 Å². The first-order valence-electron chi connectivity index (χ1n) is 4.35. The molecule has 14 heavy (non-hydrogen) atoms. The monoisotopic (exact) mass is 230 g/mol. The van der Waals surface area contributed by atoms with E-state index in [2.05, 4.69) is 20.2 Å². The van der Waals surface area contributed by atoms with Crippen LogP contribution in [0.4, 0.5) is 0 Å². The van der Waals surface area contributed by atoms with Gasteiger partial charge in [0.25, 0.3) is 0 Å². The Kier molecular flexibility index (Phi) is 2.88. The van der Waals surface area contributed by atoms with Crippen molar-refractivity contribution in [3.63, 3.8) is 0 Å². The lowest BCUT2D eigenvalue weighted by Gasteiger charge is -2.15. The summed E-state index contributed by atoms with van der Waals surface area (Å²) in [5, 5.41) is 3.21. The van der Waals surface area contributed by atoms with Crippen LogP contribution in [0.15, 0.2) is 11.2 Å². The van der Waals surface area contributed by atoms with Gasteiger partial charge in [-0.1, -0.05) is 11.6 Å². The summed E-state index contributed by atoms with van der Waals surface area (Å²) in [5.41, 5.74) is 0. The molecule has 1 aromatic heterocycles. The zero-order valence-corrected chi connectivity index (χ0v) is 9.40. The zero-order chi connectivity index (χ0) is 9.97. The third-order valence-electron chi connectivity index (χ3n) is 2.05. The largest absolute Gasteiger partial charge is 0.354 e. The summed E-state index contributed by atoms with van der Waals surface area (Å²) in [7, 11) is 1.79. The minimum absolute atomic E-state index is 0.599. The van der Waals surface area contributed by atoms with E-state index in [-0.39, 0.29) is 0 Å². The molecule has 4 nitrogen and oxygen atoms in total. The molecule has 0 unspecified atom stereocenters. The molecule has 0 spiro atoms. The molecule has 0 amide bonds. The maximum Gasteiger partial charge on any atom is 0.194 e. The topological polar surface area (TPSA) is 40.5 Å². The van der Waals surface area contributed by atoms with Gasteiger partial charge in [-0.25, -0.2) is 4.98 Å². The molecule has 76 valence electrons. The Morgan fingerprint density at radius 1 is 1.79 bits per heavy atom. The molecule has 1 fully saturated rings. The first-order chi connectivity index (χ1) is 6.79. The van der Waals surface area contributed by atoms with Gasteiger partial charge in [-0.3, -0.25) is 4.99 Å². The normalized spacial score (nSPS) is 19.0. The fourth-order valence-electron chi connectivity index (χ4n) is 1.44. The van der Waals surface area contributed by atoms with Gasteiger partial charge in [0.15, 0.2) is 10.4 Å². The molecule has 1 N–H and O–H groups in total. The van der Waals surface area contributed by atoms with Crippen molar-refractivity contribution in [3.05, 3.63) is 15.5 Å². The Balaban J connectivity index is 2.04. The number of hydrogen-bond donors (Lipinski definition) is 1. The Hall–Kier alpha value is -0.810. The lowest BCUT2D eigenvalue weighted by Crippen LogP contribution is -2.29. The van der Waals surface area contributed by atoms with Crippen molar-refractivity contribution in [2.75, 3.05) is 20.1 Å². The fourth-order valence-corrected chi connectivity index (χ4v) is 2.43. The highest BCUT2D eigenvalue weighted by Gasteiger charge is 2.17. The Morgan fingerprint density at radius 3 is 3.29 bits per heavy atom. The molecule has 0 atom stereocenters. The summed E-state index contributed by atoms with van der Waals surface area (Å²) in [6.07, 6.45) is 1.82. The van der Waals surface area contributed by atoms with Crippen LogP contribution in [-0.2, 0) is 6.54 Å². The fraction of sp³-hybridized carbons (Fsp3) is 0.500. The van der Waals surface area contributed by atoms with E-state index in [1.54, 1.807) is 7.05 Å². The van der Waals surface area contributed by atoms with Crippen LogP contribution in [0.1, 0.15) is 4.88 Å². The maximum absolute atomic E-state index is 5.76. The number of aliphatic imine (C=N–C) groups is 1. The molecular weight excluding hydrogens is 220 g/mol. The van der Waals surface area contributed by atoms with Crippen LogP contribution < -0.4 is 5.32 Å². The van der Waals surface area contributed by atoms with Crippen LogP contribution in [0.3, 0.4) is 0 Å². The van der Waals surface area contributed by atoms with E-state index in [0.717, 1.165) is 25.6 Å². The highest BCUT2D eigenvalue weighted by molar-refractivity contribution is 7.15. The van der Waals surface area contributed by atoms with Gasteiger partial charge < -0.3 is 10.2 Å². The number of aromatic nitrogens is 1. The van der Waals surface area contributed by atoms with Gasteiger partial charge >= 0.3 is 0 Å². The van der Waals surface area contributed by atoms with E-state index in [4.69, 9.17) is 11.6 Å². The molecule has 0 bridgehead atoms. The number of rotatable bonds is 2. The van der Waals surface area contributed by atoms with Crippen LogP contribution in [0.25, 0.3) is 0 Å². The second-order valence-corrected chi connectivity index (χ2v) is 4.67. The molecule has 6 heteroatoms. The lowest BCUT2D eigenvalue weighted by molar-refractivity contribution is 0.460. The molecule has 2 rings (SSSR count). The number of hydrogen-bond acceptors (Lipinski definition) is 3. The first kappa shape index (κ1) is 9.73. The van der Waals surface area contributed by atoms with E-state index < -0.39 is 0 Å². The van der Waals surface area contributed by atoms with Crippen LogP contribution in [0.2, 0.25) is 4.47 Å². The smallest absolute Gasteiger partial charge is 0.194 e. The average Bonchev–Trinajstić information content (AvgIpc) is 2.76. The van der Waals surface area contributed by atoms with Crippen molar-refractivity contribution in [1.29, 1.82) is 0 Å². The van der Waals surface area contributed by atoms with E-state index >= 15 is 0 Å². The van der Waals surface area contributed by atoms with Crippen molar-refractivity contribution < 1.29 is 0 Å². The number of thiazole rings is 1. The third-order valence-corrected chi connectivity index (χ3v) is 3.15. The minimum Gasteiger partial charge on any atom is -0.354 e. The third kappa shape index (κ3) is 1.99. The van der Waals surface area contributed by atoms with E-state index in [1.165, 1.54) is 16.2 Å². The Bertz CT molecular complexity index is 349. The van der Waals surface area contributed by atoms with E-state index in [0.29, 0.717) is 4.47 Å². The number of guanidine groups is 1. The van der Waals surface area contributed by atoms with Gasteiger partial charge in [0.1, 0.15) is 0 Å². The molecule has 0 aromatic carbocycles. The first-order valence-corrected chi connectivity index (χ1v) is 5.55. The highest BCUT2D eigenvalue weighted by atomic mass is 35.5. The van der Waals surface area contributed by atoms with Crippen LogP contribution in [-0.4, -0.2) is 36.0 Å². The summed E-state index contributed by atoms with van der Waals surface area (Å²) in [5.74, 6) is 0.953. The van der Waals surface area contributed by atoms with E-state index in [9.17, 15) is 0 Å². The molecule has 1 aromatic rings. The number of halogens is 1. The molecule has 1 aliphatic rings. The summed E-state index contributed by atoms with van der Waals surface area (Å²) in [4.78, 5) is 11.5. The van der Waals surface area contributed by atoms with Gasteiger partial charge in [0, 0.05) is 31.2 Å². The summed E-state index contributed by atoms with van der Waals surface area (Å²) < 4.78 is 0.599. The van der Waals surface area contributed by atoms with Crippen LogP contribution in [0.5, 0.6) is 0 Å².